The zero-order valence-corrected chi connectivity index (χ0v) is 17.8. The van der Waals surface area contributed by atoms with Crippen LogP contribution in [0.5, 0.6) is 0 Å². The Balaban J connectivity index is 1.83. The molecule has 1 saturated heterocycles. The molecule has 29 heavy (non-hydrogen) atoms. The fraction of sp³-hybridized carbons (Fsp3) is 0.333. The van der Waals surface area contributed by atoms with Crippen LogP contribution < -0.4 is 11.1 Å². The first-order valence-corrected chi connectivity index (χ1v) is 10.7. The molecule has 2 amide bonds. The number of hydrogen-bond donors (Lipinski definition) is 3. The Bertz CT molecular complexity index is 951. The molecule has 2 heterocycles. The van der Waals surface area contributed by atoms with E-state index in [1.807, 2.05) is 12.1 Å². The van der Waals surface area contributed by atoms with Crippen molar-refractivity contribution in [2.45, 2.75) is 23.9 Å². The largest absolute Gasteiger partial charge is 0.465 e. The zero-order chi connectivity index (χ0) is 21.1. The summed E-state index contributed by atoms with van der Waals surface area (Å²) in [5, 5.41) is 12.9. The normalized spacial score (nSPS) is 14.7. The van der Waals surface area contributed by atoms with E-state index in [9.17, 15) is 9.59 Å². The molecule has 1 aromatic heterocycles. The molecule has 11 heteroatoms. The van der Waals surface area contributed by atoms with Gasteiger partial charge in [-0.25, -0.2) is 14.8 Å². The summed E-state index contributed by atoms with van der Waals surface area (Å²) in [4.78, 5) is 32.6. The number of nitrogens with one attached hydrogen (secondary N) is 1. The van der Waals surface area contributed by atoms with E-state index in [-0.39, 0.29) is 22.5 Å². The molecule has 0 bridgehead atoms. The summed E-state index contributed by atoms with van der Waals surface area (Å²) in [6, 6.07) is 5.56. The van der Waals surface area contributed by atoms with E-state index < -0.39 is 12.0 Å². The Hall–Kier alpha value is -2.23. The van der Waals surface area contributed by atoms with E-state index in [2.05, 4.69) is 15.3 Å². The van der Waals surface area contributed by atoms with Crippen molar-refractivity contribution in [1.82, 2.24) is 14.9 Å². The summed E-state index contributed by atoms with van der Waals surface area (Å²) in [6.07, 6.45) is 2.37. The van der Waals surface area contributed by atoms with Crippen LogP contribution >= 0.6 is 35.0 Å². The second-order valence-corrected chi connectivity index (χ2v) is 8.04. The molecule has 2 aromatic rings. The van der Waals surface area contributed by atoms with Crippen LogP contribution in [0.1, 0.15) is 34.7 Å². The number of aromatic nitrogens is 2. The van der Waals surface area contributed by atoms with Crippen molar-refractivity contribution in [3.63, 3.8) is 0 Å². The van der Waals surface area contributed by atoms with Crippen molar-refractivity contribution >= 4 is 58.5 Å². The van der Waals surface area contributed by atoms with Crippen LogP contribution in [0.2, 0.25) is 10.2 Å². The standard InChI is InChI=1S/C18H19Cl2N5O3S/c1-29-17-23-14(20)13(15(21)26)16(24-17)22-12-3-2-10(8-11(12)19)9-4-6-25(7-5-9)18(27)28/h2-3,8-9H,4-7H2,1H3,(H2,21,26)(H,27,28)(H,22,23,24). The molecule has 0 unspecified atom stereocenters. The van der Waals surface area contributed by atoms with Crippen molar-refractivity contribution in [1.29, 1.82) is 0 Å². The van der Waals surface area contributed by atoms with E-state index in [1.54, 1.807) is 12.3 Å². The van der Waals surface area contributed by atoms with Gasteiger partial charge in [-0.05, 0) is 42.7 Å². The number of rotatable bonds is 5. The third-order valence-corrected chi connectivity index (χ3v) is 5.89. The highest BCUT2D eigenvalue weighted by Crippen LogP contribution is 2.34. The minimum Gasteiger partial charge on any atom is -0.465 e. The van der Waals surface area contributed by atoms with Crippen LogP contribution in [0.15, 0.2) is 23.4 Å². The first kappa shape index (κ1) is 21.5. The molecule has 3 rings (SSSR count). The maximum Gasteiger partial charge on any atom is 0.407 e. The summed E-state index contributed by atoms with van der Waals surface area (Å²) >= 11 is 13.8. The summed E-state index contributed by atoms with van der Waals surface area (Å²) in [6.45, 7) is 0.993. The van der Waals surface area contributed by atoms with Crippen LogP contribution in [-0.4, -0.2) is 51.3 Å². The number of anilines is 2. The average molecular weight is 456 g/mol. The van der Waals surface area contributed by atoms with Gasteiger partial charge in [0.15, 0.2) is 5.16 Å². The number of thioether (sulfide) groups is 1. The summed E-state index contributed by atoms with van der Waals surface area (Å²) < 4.78 is 0. The van der Waals surface area contributed by atoms with Crippen LogP contribution in [0.25, 0.3) is 0 Å². The highest BCUT2D eigenvalue weighted by Gasteiger charge is 2.24. The van der Waals surface area contributed by atoms with Gasteiger partial charge in [-0.15, -0.1) is 0 Å². The summed E-state index contributed by atoms with van der Waals surface area (Å²) in [5.74, 6) is -0.329. The molecule has 0 atom stereocenters. The van der Waals surface area contributed by atoms with E-state index >= 15 is 0 Å². The van der Waals surface area contributed by atoms with Crippen molar-refractivity contribution in [2.75, 3.05) is 24.7 Å². The maximum atomic E-state index is 11.8. The molecule has 0 saturated carbocycles. The van der Waals surface area contributed by atoms with Gasteiger partial charge >= 0.3 is 6.09 Å². The van der Waals surface area contributed by atoms with E-state index in [4.69, 9.17) is 34.0 Å². The molecule has 0 aliphatic carbocycles. The Morgan fingerprint density at radius 2 is 1.97 bits per heavy atom. The molecular formula is C18H19Cl2N5O3S. The lowest BCUT2D eigenvalue weighted by molar-refractivity contribution is 0.1000. The zero-order valence-electron chi connectivity index (χ0n) is 15.5. The summed E-state index contributed by atoms with van der Waals surface area (Å²) in [7, 11) is 0. The number of piperidine rings is 1. The highest BCUT2D eigenvalue weighted by molar-refractivity contribution is 7.98. The third-order valence-electron chi connectivity index (χ3n) is 4.76. The Morgan fingerprint density at radius 3 is 2.52 bits per heavy atom. The second kappa shape index (κ2) is 9.06. The number of nitrogens with two attached hydrogens (primary N) is 1. The lowest BCUT2D eigenvalue weighted by atomic mass is 9.89. The van der Waals surface area contributed by atoms with Gasteiger partial charge in [0.25, 0.3) is 5.91 Å². The molecule has 1 aliphatic rings. The maximum absolute atomic E-state index is 11.8. The number of carboxylic acid groups (broad SMARTS) is 1. The number of nitrogens with zero attached hydrogens (tertiary/aromatic N) is 3. The minimum atomic E-state index is -0.889. The van der Waals surface area contributed by atoms with E-state index in [0.29, 0.717) is 29.0 Å². The molecule has 8 nitrogen and oxygen atoms in total. The molecule has 1 fully saturated rings. The van der Waals surface area contributed by atoms with Gasteiger partial charge in [0.05, 0.1) is 10.7 Å². The van der Waals surface area contributed by atoms with Crippen LogP contribution in [0, 0.1) is 0 Å². The molecule has 0 spiro atoms. The van der Waals surface area contributed by atoms with Crippen molar-refractivity contribution < 1.29 is 14.7 Å². The second-order valence-electron chi connectivity index (χ2n) is 6.50. The highest BCUT2D eigenvalue weighted by atomic mass is 35.5. The number of likely N-dealkylation sites (tertiary alicyclic amines) is 1. The first-order valence-electron chi connectivity index (χ1n) is 8.75. The van der Waals surface area contributed by atoms with Gasteiger partial charge in [-0.3, -0.25) is 4.79 Å². The van der Waals surface area contributed by atoms with Gasteiger partial charge in [-0.1, -0.05) is 41.0 Å². The van der Waals surface area contributed by atoms with E-state index in [0.717, 1.165) is 18.4 Å². The average Bonchev–Trinajstić information content (AvgIpc) is 2.68. The smallest absolute Gasteiger partial charge is 0.407 e. The molecule has 154 valence electrons. The Kier molecular flexibility index (Phi) is 6.71. The minimum absolute atomic E-state index is 0.00866. The van der Waals surface area contributed by atoms with Crippen LogP contribution in [0.3, 0.4) is 0 Å². The Morgan fingerprint density at radius 1 is 1.28 bits per heavy atom. The molecule has 0 radical (unpaired) electrons. The van der Waals surface area contributed by atoms with Crippen molar-refractivity contribution in [3.8, 4) is 0 Å². The SMILES string of the molecule is CSc1nc(Cl)c(C(N)=O)c(Nc2ccc(C3CCN(C(=O)O)CC3)cc2Cl)n1. The van der Waals surface area contributed by atoms with Crippen LogP contribution in [-0.2, 0) is 0 Å². The number of benzene rings is 1. The van der Waals surface area contributed by atoms with Crippen molar-refractivity contribution in [2.24, 2.45) is 5.73 Å². The molecule has 1 aliphatic heterocycles. The van der Waals surface area contributed by atoms with Crippen LogP contribution in [0.4, 0.5) is 16.3 Å². The van der Waals surface area contributed by atoms with Gasteiger partial charge < -0.3 is 21.1 Å². The number of carbonyl (C=O) groups excluding carboxylic acids is 1. The Labute approximate surface area is 181 Å². The lowest BCUT2D eigenvalue weighted by Crippen LogP contribution is -2.36. The first-order chi connectivity index (χ1) is 13.8. The van der Waals surface area contributed by atoms with E-state index in [1.165, 1.54) is 16.7 Å². The lowest BCUT2D eigenvalue weighted by Gasteiger charge is -2.30. The quantitative estimate of drug-likeness (QED) is 0.350. The topological polar surface area (TPSA) is 121 Å². The van der Waals surface area contributed by atoms with Gasteiger partial charge in [0.1, 0.15) is 16.5 Å². The molecule has 1 aromatic carbocycles. The number of carbonyl (C=O) groups is 2. The fourth-order valence-electron chi connectivity index (χ4n) is 3.23. The van der Waals surface area contributed by atoms with Crippen molar-refractivity contribution in [3.05, 3.63) is 39.5 Å². The third kappa shape index (κ3) is 4.85. The number of hydrogen-bond acceptors (Lipinski definition) is 6. The monoisotopic (exact) mass is 455 g/mol. The summed E-state index contributed by atoms with van der Waals surface area (Å²) in [5.41, 5.74) is 6.99. The van der Waals surface area contributed by atoms with Gasteiger partial charge in [0, 0.05) is 13.1 Å². The number of primary amides is 1. The fourth-order valence-corrected chi connectivity index (χ4v) is 4.15. The molecular weight excluding hydrogens is 437 g/mol. The predicted octanol–water partition coefficient (Wildman–Crippen LogP) is 4.21. The molecule has 4 N–H and O–H groups in total. The van der Waals surface area contributed by atoms with Gasteiger partial charge in [-0.2, -0.15) is 0 Å². The number of halogens is 2. The predicted molar refractivity (Wildman–Crippen MR) is 114 cm³/mol. The van der Waals surface area contributed by atoms with Gasteiger partial charge in [0.2, 0.25) is 0 Å². The number of amides is 2.